The fourth-order valence-electron chi connectivity index (χ4n) is 3.64. The summed E-state index contributed by atoms with van der Waals surface area (Å²) < 4.78 is 21.7. The van der Waals surface area contributed by atoms with E-state index in [0.29, 0.717) is 61.1 Å². The van der Waals surface area contributed by atoms with Crippen molar-refractivity contribution in [1.82, 2.24) is 10.2 Å². The van der Waals surface area contributed by atoms with E-state index in [0.717, 1.165) is 0 Å². The lowest BCUT2D eigenvalue weighted by Crippen LogP contribution is -2.47. The molecule has 1 fully saturated rings. The first-order valence-electron chi connectivity index (χ1n) is 10.7. The summed E-state index contributed by atoms with van der Waals surface area (Å²) in [7, 11) is 3.10. The zero-order valence-corrected chi connectivity index (χ0v) is 18.8. The summed E-state index contributed by atoms with van der Waals surface area (Å²) in [5.41, 5.74) is 0.548. The van der Waals surface area contributed by atoms with Crippen LogP contribution in [0.3, 0.4) is 0 Å². The van der Waals surface area contributed by atoms with Crippen LogP contribution in [0.2, 0.25) is 0 Å². The van der Waals surface area contributed by atoms with Crippen LogP contribution in [0.1, 0.15) is 30.1 Å². The number of hydrogen-bond acceptors (Lipinski definition) is 6. The van der Waals surface area contributed by atoms with Gasteiger partial charge in [0.25, 0.3) is 11.8 Å². The summed E-state index contributed by atoms with van der Waals surface area (Å²) in [4.78, 5) is 27.0. The predicted molar refractivity (Wildman–Crippen MR) is 120 cm³/mol. The number of para-hydroxylation sites is 2. The Hall–Kier alpha value is -3.42. The molecule has 0 saturated carbocycles. The minimum absolute atomic E-state index is 0.00249. The van der Waals surface area contributed by atoms with Gasteiger partial charge in [-0.05, 0) is 50.1 Å². The highest BCUT2D eigenvalue weighted by molar-refractivity contribution is 5.95. The fraction of sp³-hybridized carbons (Fsp3) is 0.417. The number of amides is 2. The number of nitrogens with zero attached hydrogens (tertiary/aromatic N) is 1. The molecule has 8 nitrogen and oxygen atoms in total. The van der Waals surface area contributed by atoms with Crippen molar-refractivity contribution < 1.29 is 28.5 Å². The van der Waals surface area contributed by atoms with Gasteiger partial charge in [0.1, 0.15) is 0 Å². The van der Waals surface area contributed by atoms with Gasteiger partial charge in [0.15, 0.2) is 29.6 Å². The first kappa shape index (κ1) is 23.2. The minimum Gasteiger partial charge on any atom is -0.493 e. The van der Waals surface area contributed by atoms with Gasteiger partial charge in [-0.25, -0.2) is 0 Å². The summed E-state index contributed by atoms with van der Waals surface area (Å²) in [6.07, 6.45) is 1.36. The van der Waals surface area contributed by atoms with Crippen LogP contribution in [0.5, 0.6) is 23.0 Å². The molecule has 0 unspecified atom stereocenters. The first-order chi connectivity index (χ1) is 15.5. The van der Waals surface area contributed by atoms with Crippen molar-refractivity contribution in [2.75, 3.05) is 40.5 Å². The molecule has 8 heteroatoms. The molecule has 2 aromatic carbocycles. The monoisotopic (exact) mass is 442 g/mol. The highest BCUT2D eigenvalue weighted by Crippen LogP contribution is 2.29. The van der Waals surface area contributed by atoms with Crippen molar-refractivity contribution in [3.8, 4) is 23.0 Å². The zero-order chi connectivity index (χ0) is 22.9. The van der Waals surface area contributed by atoms with Gasteiger partial charge in [0.2, 0.25) is 0 Å². The van der Waals surface area contributed by atoms with Gasteiger partial charge < -0.3 is 29.2 Å². The van der Waals surface area contributed by atoms with E-state index in [1.165, 1.54) is 0 Å². The number of methoxy groups -OCH3 is 2. The second kappa shape index (κ2) is 11.3. The largest absolute Gasteiger partial charge is 0.493 e. The van der Waals surface area contributed by atoms with E-state index in [4.69, 9.17) is 18.9 Å². The Morgan fingerprint density at radius 2 is 1.59 bits per heavy atom. The molecule has 1 aliphatic rings. The minimum atomic E-state index is -0.194. The lowest BCUT2D eigenvalue weighted by atomic mass is 10.0. The number of carbonyl (C=O) groups is 2. The third-order valence-electron chi connectivity index (χ3n) is 5.29. The molecule has 0 aliphatic carbocycles. The van der Waals surface area contributed by atoms with E-state index in [2.05, 4.69) is 5.32 Å². The highest BCUT2D eigenvalue weighted by Gasteiger charge is 2.25. The second-order valence-corrected chi connectivity index (χ2v) is 7.37. The number of likely N-dealkylation sites (tertiary alicyclic amines) is 1. The van der Waals surface area contributed by atoms with Crippen molar-refractivity contribution in [3.05, 3.63) is 48.0 Å². The zero-order valence-electron chi connectivity index (χ0n) is 18.8. The van der Waals surface area contributed by atoms with Crippen LogP contribution in [-0.4, -0.2) is 63.3 Å². The molecule has 2 aromatic rings. The fourth-order valence-corrected chi connectivity index (χ4v) is 3.64. The maximum absolute atomic E-state index is 12.9. The summed E-state index contributed by atoms with van der Waals surface area (Å²) in [5.74, 6) is 2.00. The van der Waals surface area contributed by atoms with Crippen LogP contribution in [0.4, 0.5) is 0 Å². The van der Waals surface area contributed by atoms with Crippen molar-refractivity contribution in [2.45, 2.75) is 25.8 Å². The Morgan fingerprint density at radius 1 is 0.938 bits per heavy atom. The van der Waals surface area contributed by atoms with Gasteiger partial charge in [0.05, 0.1) is 20.8 Å². The Labute approximate surface area is 188 Å². The molecule has 32 heavy (non-hydrogen) atoms. The lowest BCUT2D eigenvalue weighted by molar-refractivity contribution is -0.124. The number of piperidine rings is 1. The molecule has 1 heterocycles. The second-order valence-electron chi connectivity index (χ2n) is 7.37. The van der Waals surface area contributed by atoms with E-state index in [-0.39, 0.29) is 24.5 Å². The van der Waals surface area contributed by atoms with Crippen LogP contribution in [-0.2, 0) is 4.79 Å². The molecule has 172 valence electrons. The Bertz CT molecular complexity index is 924. The standard InChI is InChI=1S/C24H30N2O6/c1-4-31-20-7-5-6-8-21(20)32-16-23(27)25-18-11-13-26(14-12-18)24(28)17-9-10-19(29-2)22(15-17)30-3/h5-10,15,18H,4,11-14,16H2,1-3H3,(H,25,27). The van der Waals surface area contributed by atoms with Gasteiger partial charge in [-0.15, -0.1) is 0 Å². The molecular formula is C24H30N2O6. The van der Waals surface area contributed by atoms with Crippen LogP contribution in [0, 0.1) is 0 Å². The van der Waals surface area contributed by atoms with Crippen molar-refractivity contribution in [1.29, 1.82) is 0 Å². The van der Waals surface area contributed by atoms with E-state index >= 15 is 0 Å². The van der Waals surface area contributed by atoms with Crippen molar-refractivity contribution in [2.24, 2.45) is 0 Å². The highest BCUT2D eigenvalue weighted by atomic mass is 16.5. The van der Waals surface area contributed by atoms with E-state index in [1.54, 1.807) is 43.4 Å². The van der Waals surface area contributed by atoms with Crippen LogP contribution in [0.15, 0.2) is 42.5 Å². The summed E-state index contributed by atoms with van der Waals surface area (Å²) >= 11 is 0. The quantitative estimate of drug-likeness (QED) is 0.643. The number of ether oxygens (including phenoxy) is 4. The lowest BCUT2D eigenvalue weighted by Gasteiger charge is -2.32. The number of hydrogen-bond donors (Lipinski definition) is 1. The number of rotatable bonds is 9. The van der Waals surface area contributed by atoms with Gasteiger partial charge in [-0.1, -0.05) is 12.1 Å². The molecular weight excluding hydrogens is 412 g/mol. The molecule has 0 bridgehead atoms. The summed E-state index contributed by atoms with van der Waals surface area (Å²) in [6, 6.07) is 12.4. The Kier molecular flexibility index (Phi) is 8.19. The van der Waals surface area contributed by atoms with Gasteiger partial charge in [-0.3, -0.25) is 9.59 Å². The average Bonchev–Trinajstić information content (AvgIpc) is 2.83. The average molecular weight is 443 g/mol. The van der Waals surface area contributed by atoms with Gasteiger partial charge >= 0.3 is 0 Å². The topological polar surface area (TPSA) is 86.3 Å². The van der Waals surface area contributed by atoms with Crippen LogP contribution < -0.4 is 24.3 Å². The maximum atomic E-state index is 12.9. The maximum Gasteiger partial charge on any atom is 0.258 e. The molecule has 0 aromatic heterocycles. The molecule has 1 saturated heterocycles. The molecule has 1 N–H and O–H groups in total. The molecule has 1 aliphatic heterocycles. The first-order valence-corrected chi connectivity index (χ1v) is 10.7. The van der Waals surface area contributed by atoms with E-state index < -0.39 is 0 Å². The predicted octanol–water partition coefficient (Wildman–Crippen LogP) is 2.90. The van der Waals surface area contributed by atoms with Crippen LogP contribution in [0.25, 0.3) is 0 Å². The summed E-state index contributed by atoms with van der Waals surface area (Å²) in [5, 5.41) is 2.99. The number of benzene rings is 2. The van der Waals surface area contributed by atoms with Crippen molar-refractivity contribution in [3.63, 3.8) is 0 Å². The van der Waals surface area contributed by atoms with Gasteiger partial charge in [0, 0.05) is 24.7 Å². The van der Waals surface area contributed by atoms with E-state index in [9.17, 15) is 9.59 Å². The normalized spacial score (nSPS) is 13.9. The van der Waals surface area contributed by atoms with Crippen LogP contribution >= 0.6 is 0 Å². The third kappa shape index (κ3) is 5.84. The summed E-state index contributed by atoms with van der Waals surface area (Å²) in [6.45, 7) is 3.45. The van der Waals surface area contributed by atoms with Gasteiger partial charge in [-0.2, -0.15) is 0 Å². The third-order valence-corrected chi connectivity index (χ3v) is 5.29. The smallest absolute Gasteiger partial charge is 0.258 e. The Balaban J connectivity index is 1.47. The molecule has 3 rings (SSSR count). The number of nitrogens with one attached hydrogen (secondary N) is 1. The SMILES string of the molecule is CCOc1ccccc1OCC(=O)NC1CCN(C(=O)c2ccc(OC)c(OC)c2)CC1. The molecule has 0 radical (unpaired) electrons. The Morgan fingerprint density at radius 3 is 2.22 bits per heavy atom. The van der Waals surface area contributed by atoms with E-state index in [1.807, 2.05) is 25.1 Å². The van der Waals surface area contributed by atoms with Crippen molar-refractivity contribution >= 4 is 11.8 Å². The molecule has 0 spiro atoms. The number of carbonyl (C=O) groups excluding carboxylic acids is 2. The molecule has 2 amide bonds. The molecule has 0 atom stereocenters.